The Labute approximate surface area is 173 Å². The molecule has 0 spiro atoms. The average Bonchev–Trinajstić information content (AvgIpc) is 2.68. The van der Waals surface area contributed by atoms with E-state index in [2.05, 4.69) is 5.32 Å². The fourth-order valence-electron chi connectivity index (χ4n) is 3.13. The summed E-state index contributed by atoms with van der Waals surface area (Å²) in [5, 5.41) is 12.0. The number of amides is 2. The van der Waals surface area contributed by atoms with Crippen LogP contribution in [0.1, 0.15) is 50.0 Å². The number of carbonyl (C=O) groups is 2. The summed E-state index contributed by atoms with van der Waals surface area (Å²) in [7, 11) is 0. The average molecular weight is 397 g/mol. The highest BCUT2D eigenvalue weighted by molar-refractivity contribution is 6.00. The van der Waals surface area contributed by atoms with Crippen LogP contribution in [0.2, 0.25) is 0 Å². The topological polar surface area (TPSA) is 69.6 Å². The van der Waals surface area contributed by atoms with E-state index in [0.717, 1.165) is 16.7 Å². The lowest BCUT2D eigenvalue weighted by Gasteiger charge is -2.24. The quantitative estimate of drug-likeness (QED) is 0.703. The van der Waals surface area contributed by atoms with Gasteiger partial charge in [0.1, 0.15) is 0 Å². The minimum Gasteiger partial charge on any atom is -0.394 e. The Morgan fingerprint density at radius 3 is 2.24 bits per heavy atom. The van der Waals surface area contributed by atoms with Crippen molar-refractivity contribution < 1.29 is 14.7 Å². The molecule has 0 fully saturated rings. The van der Waals surface area contributed by atoms with Crippen LogP contribution < -0.4 is 10.2 Å². The molecule has 0 aliphatic heterocycles. The summed E-state index contributed by atoms with van der Waals surface area (Å²) in [5.74, 6) is 0.0257. The number of rotatable bonds is 8. The highest BCUT2D eigenvalue weighted by atomic mass is 16.3. The van der Waals surface area contributed by atoms with Crippen LogP contribution in [-0.4, -0.2) is 36.1 Å². The summed E-state index contributed by atoms with van der Waals surface area (Å²) < 4.78 is 0. The van der Waals surface area contributed by atoms with Gasteiger partial charge in [-0.05, 0) is 56.0 Å². The Balaban J connectivity index is 2.52. The van der Waals surface area contributed by atoms with Gasteiger partial charge in [-0.15, -0.1) is 0 Å². The van der Waals surface area contributed by atoms with Gasteiger partial charge in [-0.3, -0.25) is 9.59 Å². The standard InChI is InChI=1S/C24H32N2O3/c1-6-26(23(28)11-16(2)3)22-13-20(19-9-7-17(4)8-10-19)12-21(14-22)24(29)25-18(5)15-27/h7-10,12-14,16,18,27H,6,11,15H2,1-5H3,(H,25,29). The van der Waals surface area contributed by atoms with Gasteiger partial charge >= 0.3 is 0 Å². The molecule has 2 rings (SSSR count). The molecule has 5 nitrogen and oxygen atoms in total. The first kappa shape index (κ1) is 22.6. The van der Waals surface area contributed by atoms with Crippen LogP contribution in [0.15, 0.2) is 42.5 Å². The van der Waals surface area contributed by atoms with Gasteiger partial charge in [-0.25, -0.2) is 0 Å². The van der Waals surface area contributed by atoms with E-state index in [1.807, 2.05) is 64.1 Å². The van der Waals surface area contributed by atoms with Crippen LogP contribution in [-0.2, 0) is 4.79 Å². The zero-order valence-electron chi connectivity index (χ0n) is 18.0. The van der Waals surface area contributed by atoms with Gasteiger partial charge in [0.2, 0.25) is 5.91 Å². The highest BCUT2D eigenvalue weighted by Crippen LogP contribution is 2.28. The fraction of sp³-hybridized carbons (Fsp3) is 0.417. The number of aliphatic hydroxyl groups excluding tert-OH is 1. The van der Waals surface area contributed by atoms with Gasteiger partial charge in [0.15, 0.2) is 0 Å². The number of hydrogen-bond acceptors (Lipinski definition) is 3. The number of carbonyl (C=O) groups excluding carboxylic acids is 2. The molecule has 2 aromatic rings. The molecular weight excluding hydrogens is 364 g/mol. The Kier molecular flexibility index (Phi) is 7.97. The summed E-state index contributed by atoms with van der Waals surface area (Å²) in [6, 6.07) is 13.3. The molecule has 0 aromatic heterocycles. The molecule has 0 aliphatic carbocycles. The van der Waals surface area contributed by atoms with Gasteiger partial charge in [0.05, 0.1) is 6.61 Å². The zero-order chi connectivity index (χ0) is 21.6. The Morgan fingerprint density at radius 1 is 1.03 bits per heavy atom. The fourth-order valence-corrected chi connectivity index (χ4v) is 3.13. The van der Waals surface area contributed by atoms with Crippen LogP contribution in [0, 0.1) is 12.8 Å². The summed E-state index contributed by atoms with van der Waals surface area (Å²) >= 11 is 0. The zero-order valence-corrected chi connectivity index (χ0v) is 18.0. The van der Waals surface area contributed by atoms with Gasteiger partial charge in [0, 0.05) is 30.3 Å². The van der Waals surface area contributed by atoms with Crippen molar-refractivity contribution in [3.63, 3.8) is 0 Å². The molecule has 1 unspecified atom stereocenters. The number of benzene rings is 2. The van der Waals surface area contributed by atoms with Crippen molar-refractivity contribution in [1.82, 2.24) is 5.32 Å². The minimum absolute atomic E-state index is 0.0404. The summed E-state index contributed by atoms with van der Waals surface area (Å²) in [6.07, 6.45) is 0.450. The molecule has 2 amide bonds. The van der Waals surface area contributed by atoms with E-state index in [-0.39, 0.29) is 30.4 Å². The summed E-state index contributed by atoms with van der Waals surface area (Å²) in [4.78, 5) is 27.2. The monoisotopic (exact) mass is 396 g/mol. The highest BCUT2D eigenvalue weighted by Gasteiger charge is 2.19. The number of aryl methyl sites for hydroxylation is 1. The first-order valence-corrected chi connectivity index (χ1v) is 10.2. The smallest absolute Gasteiger partial charge is 0.251 e. The molecule has 5 heteroatoms. The molecule has 2 aromatic carbocycles. The third-order valence-corrected chi connectivity index (χ3v) is 4.73. The third-order valence-electron chi connectivity index (χ3n) is 4.73. The number of nitrogens with one attached hydrogen (secondary N) is 1. The van der Waals surface area contributed by atoms with Crippen LogP contribution in [0.5, 0.6) is 0 Å². The number of nitrogens with zero attached hydrogens (tertiary/aromatic N) is 1. The molecule has 0 radical (unpaired) electrons. The first-order valence-electron chi connectivity index (χ1n) is 10.2. The van der Waals surface area contributed by atoms with E-state index in [1.165, 1.54) is 0 Å². The molecule has 0 saturated heterocycles. The van der Waals surface area contributed by atoms with E-state index in [9.17, 15) is 14.7 Å². The van der Waals surface area contributed by atoms with E-state index in [0.29, 0.717) is 24.2 Å². The lowest BCUT2D eigenvalue weighted by molar-refractivity contribution is -0.119. The normalized spacial score (nSPS) is 12.0. The minimum atomic E-state index is -0.348. The third kappa shape index (κ3) is 6.16. The van der Waals surface area contributed by atoms with E-state index in [1.54, 1.807) is 17.9 Å². The second-order valence-corrected chi connectivity index (χ2v) is 7.93. The molecule has 156 valence electrons. The van der Waals surface area contributed by atoms with Gasteiger partial charge in [-0.1, -0.05) is 43.7 Å². The molecule has 0 aliphatic rings. The van der Waals surface area contributed by atoms with Crippen LogP contribution >= 0.6 is 0 Å². The summed E-state index contributed by atoms with van der Waals surface area (Å²) in [5.41, 5.74) is 4.18. The molecule has 0 bridgehead atoms. The lowest BCUT2D eigenvalue weighted by atomic mass is 9.99. The molecule has 1 atom stereocenters. The Bertz CT molecular complexity index is 844. The van der Waals surface area contributed by atoms with Crippen LogP contribution in [0.4, 0.5) is 5.69 Å². The largest absolute Gasteiger partial charge is 0.394 e. The van der Waals surface area contributed by atoms with Crippen molar-refractivity contribution in [2.24, 2.45) is 5.92 Å². The van der Waals surface area contributed by atoms with Gasteiger partial charge in [0.25, 0.3) is 5.91 Å². The van der Waals surface area contributed by atoms with E-state index >= 15 is 0 Å². The second-order valence-electron chi connectivity index (χ2n) is 7.93. The van der Waals surface area contributed by atoms with Gasteiger partial charge < -0.3 is 15.3 Å². The molecule has 0 saturated carbocycles. The van der Waals surface area contributed by atoms with E-state index < -0.39 is 0 Å². The maximum absolute atomic E-state index is 12.8. The maximum atomic E-state index is 12.8. The molecule has 2 N–H and O–H groups in total. The molecule has 0 heterocycles. The number of hydrogen-bond donors (Lipinski definition) is 2. The lowest BCUT2D eigenvalue weighted by Crippen LogP contribution is -2.35. The van der Waals surface area contributed by atoms with Crippen molar-refractivity contribution in [2.45, 2.75) is 47.1 Å². The Morgan fingerprint density at radius 2 is 1.69 bits per heavy atom. The van der Waals surface area contributed by atoms with Gasteiger partial charge in [-0.2, -0.15) is 0 Å². The predicted octanol–water partition coefficient (Wildman–Crippen LogP) is 4.17. The van der Waals surface area contributed by atoms with Crippen LogP contribution in [0.25, 0.3) is 11.1 Å². The van der Waals surface area contributed by atoms with E-state index in [4.69, 9.17) is 0 Å². The second kappa shape index (κ2) is 10.2. The Hall–Kier alpha value is -2.66. The van der Waals surface area contributed by atoms with Crippen molar-refractivity contribution in [2.75, 3.05) is 18.1 Å². The van der Waals surface area contributed by atoms with Crippen molar-refractivity contribution >= 4 is 17.5 Å². The molecule has 29 heavy (non-hydrogen) atoms. The number of anilines is 1. The maximum Gasteiger partial charge on any atom is 0.251 e. The summed E-state index contributed by atoms with van der Waals surface area (Å²) in [6.45, 7) is 10.1. The van der Waals surface area contributed by atoms with Crippen molar-refractivity contribution in [1.29, 1.82) is 0 Å². The van der Waals surface area contributed by atoms with Crippen molar-refractivity contribution in [3.8, 4) is 11.1 Å². The van der Waals surface area contributed by atoms with Crippen LogP contribution in [0.3, 0.4) is 0 Å². The molecular formula is C24H32N2O3. The SMILES string of the molecule is CCN(C(=O)CC(C)C)c1cc(C(=O)NC(C)CO)cc(-c2ccc(C)cc2)c1. The van der Waals surface area contributed by atoms with Crippen molar-refractivity contribution in [3.05, 3.63) is 53.6 Å². The number of aliphatic hydroxyl groups is 1. The first-order chi connectivity index (χ1) is 13.7. The predicted molar refractivity (Wildman–Crippen MR) is 118 cm³/mol.